The van der Waals surface area contributed by atoms with Crippen LogP contribution >= 0.6 is 11.3 Å². The number of morpholine rings is 1. The zero-order valence-corrected chi connectivity index (χ0v) is 17.1. The molecule has 2 saturated heterocycles. The van der Waals surface area contributed by atoms with Crippen LogP contribution in [0.5, 0.6) is 0 Å². The maximum absolute atomic E-state index is 12.5. The van der Waals surface area contributed by atoms with Crippen molar-refractivity contribution in [1.82, 2.24) is 15.1 Å². The number of thiophene rings is 1. The Labute approximate surface area is 161 Å². The molecule has 3 rings (SSSR count). The fourth-order valence-electron chi connectivity index (χ4n) is 3.86. The second kappa shape index (κ2) is 9.83. The first-order valence-corrected chi connectivity index (χ1v) is 10.9. The SMILES string of the molecule is CCCc1cc(C(=O)NC[C@H]2CCN(CCN3CCOCC3)C2)sc1C. The Kier molecular flexibility index (Phi) is 7.49. The number of rotatable bonds is 8. The van der Waals surface area contributed by atoms with Gasteiger partial charge in [0.1, 0.15) is 0 Å². The number of amides is 1. The summed E-state index contributed by atoms with van der Waals surface area (Å²) < 4.78 is 5.41. The summed E-state index contributed by atoms with van der Waals surface area (Å²) in [6, 6.07) is 2.09. The van der Waals surface area contributed by atoms with E-state index in [1.165, 1.54) is 16.9 Å². The van der Waals surface area contributed by atoms with Gasteiger partial charge in [-0.05, 0) is 43.9 Å². The number of likely N-dealkylation sites (tertiary alicyclic amines) is 1. The van der Waals surface area contributed by atoms with E-state index >= 15 is 0 Å². The Morgan fingerprint density at radius 3 is 2.81 bits per heavy atom. The second-order valence-corrected chi connectivity index (χ2v) is 8.82. The third-order valence-corrected chi connectivity index (χ3v) is 6.61. The molecule has 0 saturated carbocycles. The molecule has 0 bridgehead atoms. The molecule has 5 nitrogen and oxygen atoms in total. The van der Waals surface area contributed by atoms with Crippen LogP contribution in [0.25, 0.3) is 0 Å². The van der Waals surface area contributed by atoms with Crippen molar-refractivity contribution in [3.05, 3.63) is 21.4 Å². The monoisotopic (exact) mass is 379 g/mol. The quantitative estimate of drug-likeness (QED) is 0.753. The normalized spacial score (nSPS) is 22.0. The summed E-state index contributed by atoms with van der Waals surface area (Å²) in [5.41, 5.74) is 1.33. The van der Waals surface area contributed by atoms with Crippen molar-refractivity contribution in [3.8, 4) is 0 Å². The average molecular weight is 380 g/mol. The van der Waals surface area contributed by atoms with Crippen LogP contribution in [-0.4, -0.2) is 74.7 Å². The molecule has 1 amide bonds. The molecular weight excluding hydrogens is 346 g/mol. The van der Waals surface area contributed by atoms with Gasteiger partial charge in [0.2, 0.25) is 0 Å². The highest BCUT2D eigenvalue weighted by atomic mass is 32.1. The summed E-state index contributed by atoms with van der Waals surface area (Å²) >= 11 is 1.63. The molecule has 26 heavy (non-hydrogen) atoms. The number of hydrogen-bond acceptors (Lipinski definition) is 5. The Bertz CT molecular complexity index is 584. The fourth-order valence-corrected chi connectivity index (χ4v) is 4.85. The molecule has 0 radical (unpaired) electrons. The minimum atomic E-state index is 0.104. The summed E-state index contributed by atoms with van der Waals surface area (Å²) in [5, 5.41) is 3.17. The first kappa shape index (κ1) is 19.8. The largest absolute Gasteiger partial charge is 0.379 e. The van der Waals surface area contributed by atoms with Crippen LogP contribution in [0.4, 0.5) is 0 Å². The smallest absolute Gasteiger partial charge is 0.261 e. The molecule has 0 aromatic carbocycles. The molecule has 6 heteroatoms. The minimum Gasteiger partial charge on any atom is -0.379 e. The molecule has 0 spiro atoms. The van der Waals surface area contributed by atoms with E-state index in [1.807, 2.05) is 0 Å². The molecule has 2 aliphatic heterocycles. The van der Waals surface area contributed by atoms with E-state index in [0.717, 1.165) is 76.7 Å². The zero-order valence-electron chi connectivity index (χ0n) is 16.3. The Hall–Kier alpha value is -0.950. The first-order chi connectivity index (χ1) is 12.7. The Balaban J connectivity index is 1.37. The van der Waals surface area contributed by atoms with Crippen molar-refractivity contribution in [3.63, 3.8) is 0 Å². The van der Waals surface area contributed by atoms with Gasteiger partial charge < -0.3 is 15.0 Å². The lowest BCUT2D eigenvalue weighted by Gasteiger charge is -2.28. The van der Waals surface area contributed by atoms with E-state index in [0.29, 0.717) is 5.92 Å². The molecule has 1 atom stereocenters. The highest BCUT2D eigenvalue weighted by Crippen LogP contribution is 2.23. The minimum absolute atomic E-state index is 0.104. The highest BCUT2D eigenvalue weighted by molar-refractivity contribution is 7.14. The van der Waals surface area contributed by atoms with Crippen LogP contribution in [-0.2, 0) is 11.2 Å². The number of carbonyl (C=O) groups is 1. The van der Waals surface area contributed by atoms with Gasteiger partial charge in [-0.3, -0.25) is 9.69 Å². The van der Waals surface area contributed by atoms with Crippen molar-refractivity contribution in [1.29, 1.82) is 0 Å². The van der Waals surface area contributed by atoms with Crippen molar-refractivity contribution in [2.24, 2.45) is 5.92 Å². The number of nitrogens with zero attached hydrogens (tertiary/aromatic N) is 2. The molecular formula is C20H33N3O2S. The van der Waals surface area contributed by atoms with E-state index in [4.69, 9.17) is 4.74 Å². The highest BCUT2D eigenvalue weighted by Gasteiger charge is 2.24. The number of aryl methyl sites for hydroxylation is 2. The van der Waals surface area contributed by atoms with Gasteiger partial charge in [0, 0.05) is 44.1 Å². The predicted octanol–water partition coefficient (Wildman–Crippen LogP) is 2.39. The van der Waals surface area contributed by atoms with E-state index in [-0.39, 0.29) is 5.91 Å². The number of carbonyl (C=O) groups excluding carboxylic acids is 1. The van der Waals surface area contributed by atoms with Gasteiger partial charge >= 0.3 is 0 Å². The molecule has 1 N–H and O–H groups in total. The number of ether oxygens (including phenoxy) is 1. The van der Waals surface area contributed by atoms with Gasteiger partial charge in [0.05, 0.1) is 18.1 Å². The number of nitrogens with one attached hydrogen (secondary N) is 1. The van der Waals surface area contributed by atoms with Crippen molar-refractivity contribution >= 4 is 17.2 Å². The first-order valence-electron chi connectivity index (χ1n) is 10.1. The second-order valence-electron chi connectivity index (χ2n) is 7.56. The molecule has 2 fully saturated rings. The van der Waals surface area contributed by atoms with Crippen molar-refractivity contribution < 1.29 is 9.53 Å². The summed E-state index contributed by atoms with van der Waals surface area (Å²) in [5.74, 6) is 0.687. The van der Waals surface area contributed by atoms with E-state index in [1.54, 1.807) is 11.3 Å². The third kappa shape index (κ3) is 5.52. The van der Waals surface area contributed by atoms with E-state index in [9.17, 15) is 4.79 Å². The zero-order chi connectivity index (χ0) is 18.4. The summed E-state index contributed by atoms with van der Waals surface area (Å²) in [6.45, 7) is 13.5. The van der Waals surface area contributed by atoms with Crippen molar-refractivity contribution in [2.75, 3.05) is 59.0 Å². The van der Waals surface area contributed by atoms with Crippen LogP contribution in [0.15, 0.2) is 6.07 Å². The molecule has 146 valence electrons. The summed E-state index contributed by atoms with van der Waals surface area (Å²) in [6.07, 6.45) is 3.38. The van der Waals surface area contributed by atoms with Gasteiger partial charge in [-0.25, -0.2) is 0 Å². The summed E-state index contributed by atoms with van der Waals surface area (Å²) in [7, 11) is 0. The predicted molar refractivity (Wildman–Crippen MR) is 107 cm³/mol. The molecule has 3 heterocycles. The van der Waals surface area contributed by atoms with Gasteiger partial charge in [-0.15, -0.1) is 11.3 Å². The van der Waals surface area contributed by atoms with Gasteiger partial charge in [-0.1, -0.05) is 13.3 Å². The van der Waals surface area contributed by atoms with Crippen LogP contribution in [0.3, 0.4) is 0 Å². The molecule has 1 aromatic rings. The number of hydrogen-bond donors (Lipinski definition) is 1. The maximum atomic E-state index is 12.5. The van der Waals surface area contributed by atoms with Crippen LogP contribution in [0, 0.1) is 12.8 Å². The van der Waals surface area contributed by atoms with Crippen LogP contribution < -0.4 is 5.32 Å². The summed E-state index contributed by atoms with van der Waals surface area (Å²) in [4.78, 5) is 19.6. The lowest BCUT2D eigenvalue weighted by atomic mass is 10.1. The topological polar surface area (TPSA) is 44.8 Å². The van der Waals surface area contributed by atoms with E-state index < -0.39 is 0 Å². The Morgan fingerprint density at radius 2 is 2.04 bits per heavy atom. The lowest BCUT2D eigenvalue weighted by Crippen LogP contribution is -2.41. The Morgan fingerprint density at radius 1 is 1.27 bits per heavy atom. The molecule has 2 aliphatic rings. The van der Waals surface area contributed by atoms with Crippen molar-refractivity contribution in [2.45, 2.75) is 33.1 Å². The van der Waals surface area contributed by atoms with Crippen LogP contribution in [0.2, 0.25) is 0 Å². The van der Waals surface area contributed by atoms with Gasteiger partial charge in [-0.2, -0.15) is 0 Å². The molecule has 0 unspecified atom stereocenters. The van der Waals surface area contributed by atoms with E-state index in [2.05, 4.69) is 35.0 Å². The standard InChI is InChI=1S/C20H33N3O2S/c1-3-4-18-13-19(26-16(18)2)20(24)21-14-17-5-6-23(15-17)8-7-22-9-11-25-12-10-22/h13,17H,3-12,14-15H2,1-2H3,(H,21,24)/t17-/m1/s1. The van der Waals surface area contributed by atoms with Crippen LogP contribution in [0.1, 0.15) is 39.9 Å². The van der Waals surface area contributed by atoms with Gasteiger partial charge in [0.25, 0.3) is 5.91 Å². The van der Waals surface area contributed by atoms with Gasteiger partial charge in [0.15, 0.2) is 0 Å². The molecule has 0 aliphatic carbocycles. The fraction of sp³-hybridized carbons (Fsp3) is 0.750. The molecule has 1 aromatic heterocycles. The lowest BCUT2D eigenvalue weighted by molar-refractivity contribution is 0.0342. The average Bonchev–Trinajstić information content (AvgIpc) is 3.26. The maximum Gasteiger partial charge on any atom is 0.261 e. The third-order valence-electron chi connectivity index (χ3n) is 5.52.